The number of hydrogen-bond acceptors (Lipinski definition) is 5. The highest BCUT2D eigenvalue weighted by atomic mass is 16.6. The third-order valence-corrected chi connectivity index (χ3v) is 3.53. The smallest absolute Gasteiger partial charge is 0.292 e. The number of para-hydroxylation sites is 1. The van der Waals surface area contributed by atoms with Gasteiger partial charge in [-0.2, -0.15) is 0 Å². The summed E-state index contributed by atoms with van der Waals surface area (Å²) in [5, 5.41) is 23.5. The molecule has 1 unspecified atom stereocenters. The number of amides is 1. The minimum Gasteiger partial charge on any atom is -0.393 e. The van der Waals surface area contributed by atoms with Crippen LogP contribution in [0.5, 0.6) is 0 Å². The summed E-state index contributed by atoms with van der Waals surface area (Å²) in [6.07, 6.45) is -0.875. The van der Waals surface area contributed by atoms with Crippen LogP contribution < -0.4 is 11.1 Å². The molecular formula is C16H17N3O4. The lowest BCUT2D eigenvalue weighted by Gasteiger charge is -2.15. The molecule has 120 valence electrons. The summed E-state index contributed by atoms with van der Waals surface area (Å²) in [6, 6.07) is 11.3. The van der Waals surface area contributed by atoms with Crippen LogP contribution in [0.1, 0.15) is 27.6 Å². The van der Waals surface area contributed by atoms with E-state index < -0.39 is 16.9 Å². The summed E-state index contributed by atoms with van der Waals surface area (Å²) >= 11 is 0. The molecule has 0 fully saturated rings. The minimum atomic E-state index is -0.875. The summed E-state index contributed by atoms with van der Waals surface area (Å²) in [6.45, 7) is 1.84. The van der Waals surface area contributed by atoms with Crippen molar-refractivity contribution in [2.24, 2.45) is 0 Å². The molecule has 23 heavy (non-hydrogen) atoms. The third kappa shape index (κ3) is 3.64. The van der Waals surface area contributed by atoms with Crippen molar-refractivity contribution in [1.82, 2.24) is 5.32 Å². The van der Waals surface area contributed by atoms with Gasteiger partial charge in [-0.05, 0) is 24.1 Å². The van der Waals surface area contributed by atoms with Gasteiger partial charge in [0.25, 0.3) is 11.6 Å². The second kappa shape index (κ2) is 6.89. The summed E-state index contributed by atoms with van der Waals surface area (Å²) in [7, 11) is 0. The highest BCUT2D eigenvalue weighted by Crippen LogP contribution is 2.25. The number of nitro benzene ring substituents is 1. The normalized spacial score (nSPS) is 11.7. The molecule has 0 spiro atoms. The zero-order valence-electron chi connectivity index (χ0n) is 12.5. The molecule has 0 bridgehead atoms. The molecule has 1 atom stereocenters. The van der Waals surface area contributed by atoms with Crippen LogP contribution in [0.4, 0.5) is 11.4 Å². The Hall–Kier alpha value is -2.93. The maximum atomic E-state index is 12.1. The number of carbonyl (C=O) groups excluding carboxylic acids is 1. The fourth-order valence-corrected chi connectivity index (χ4v) is 2.27. The molecule has 0 aromatic heterocycles. The molecule has 1 amide bonds. The number of aliphatic hydroxyl groups excluding tert-OH is 1. The van der Waals surface area contributed by atoms with E-state index in [-0.39, 0.29) is 23.5 Å². The van der Waals surface area contributed by atoms with Crippen molar-refractivity contribution in [2.75, 3.05) is 12.3 Å². The predicted octanol–water partition coefficient (Wildman–Crippen LogP) is 1.95. The van der Waals surface area contributed by atoms with Crippen molar-refractivity contribution in [2.45, 2.75) is 13.0 Å². The summed E-state index contributed by atoms with van der Waals surface area (Å²) in [4.78, 5) is 22.3. The van der Waals surface area contributed by atoms with Gasteiger partial charge in [0.1, 0.15) is 5.69 Å². The van der Waals surface area contributed by atoms with Gasteiger partial charge in [0.15, 0.2) is 0 Å². The molecule has 0 radical (unpaired) electrons. The molecule has 2 rings (SSSR count). The van der Waals surface area contributed by atoms with Gasteiger partial charge in [-0.15, -0.1) is 0 Å². The summed E-state index contributed by atoms with van der Waals surface area (Å²) < 4.78 is 0. The maximum Gasteiger partial charge on any atom is 0.292 e. The second-order valence-electron chi connectivity index (χ2n) is 5.08. The van der Waals surface area contributed by atoms with Crippen LogP contribution in [-0.4, -0.2) is 22.5 Å². The lowest BCUT2D eigenvalue weighted by Crippen LogP contribution is -2.29. The van der Waals surface area contributed by atoms with Gasteiger partial charge < -0.3 is 16.2 Å². The molecule has 4 N–H and O–H groups in total. The molecule has 2 aromatic carbocycles. The number of nitrogens with zero attached hydrogens (tertiary/aromatic N) is 1. The van der Waals surface area contributed by atoms with Crippen molar-refractivity contribution in [3.8, 4) is 0 Å². The monoisotopic (exact) mass is 315 g/mol. The quantitative estimate of drug-likeness (QED) is 0.442. The number of nitrogen functional groups attached to an aromatic ring is 1. The zero-order chi connectivity index (χ0) is 17.0. The Morgan fingerprint density at radius 3 is 2.65 bits per heavy atom. The number of nitro groups is 1. The molecule has 0 heterocycles. The zero-order valence-corrected chi connectivity index (χ0v) is 12.5. The number of aryl methyl sites for hydroxylation is 1. The van der Waals surface area contributed by atoms with Crippen LogP contribution in [0.2, 0.25) is 0 Å². The summed E-state index contributed by atoms with van der Waals surface area (Å²) in [5.74, 6) is -0.571. The predicted molar refractivity (Wildman–Crippen MR) is 86.0 cm³/mol. The first-order valence-corrected chi connectivity index (χ1v) is 6.96. The number of nitrogens with two attached hydrogens (primary N) is 1. The molecule has 0 saturated heterocycles. The Morgan fingerprint density at radius 1 is 1.30 bits per heavy atom. The number of nitrogens with one attached hydrogen (secondary N) is 1. The number of aliphatic hydroxyl groups is 1. The first-order valence-electron chi connectivity index (χ1n) is 6.96. The van der Waals surface area contributed by atoms with E-state index >= 15 is 0 Å². The van der Waals surface area contributed by atoms with Crippen molar-refractivity contribution in [3.05, 3.63) is 69.3 Å². The van der Waals surface area contributed by atoms with Gasteiger partial charge in [0.05, 0.1) is 16.6 Å². The van der Waals surface area contributed by atoms with Crippen LogP contribution in [0.15, 0.2) is 42.5 Å². The molecular weight excluding hydrogens is 298 g/mol. The molecule has 0 aliphatic carbocycles. The maximum absolute atomic E-state index is 12.1. The van der Waals surface area contributed by atoms with E-state index in [0.717, 1.165) is 5.56 Å². The molecule has 0 aliphatic rings. The highest BCUT2D eigenvalue weighted by Gasteiger charge is 2.19. The number of anilines is 1. The van der Waals surface area contributed by atoms with E-state index in [1.54, 1.807) is 12.1 Å². The van der Waals surface area contributed by atoms with Gasteiger partial charge in [0.2, 0.25) is 0 Å². The van der Waals surface area contributed by atoms with E-state index in [1.165, 1.54) is 18.2 Å². The SMILES string of the molecule is Cc1ccccc1C(O)CNC(=O)c1cccc([N+](=O)[O-])c1N. The van der Waals surface area contributed by atoms with E-state index in [2.05, 4.69) is 5.32 Å². The van der Waals surface area contributed by atoms with Crippen molar-refractivity contribution in [1.29, 1.82) is 0 Å². The fraction of sp³-hybridized carbons (Fsp3) is 0.188. The molecule has 7 heteroatoms. The van der Waals surface area contributed by atoms with Crippen molar-refractivity contribution in [3.63, 3.8) is 0 Å². The Labute approximate surface area is 132 Å². The second-order valence-corrected chi connectivity index (χ2v) is 5.08. The largest absolute Gasteiger partial charge is 0.393 e. The van der Waals surface area contributed by atoms with Crippen LogP contribution >= 0.6 is 0 Å². The lowest BCUT2D eigenvalue weighted by atomic mass is 10.0. The fourth-order valence-electron chi connectivity index (χ4n) is 2.27. The van der Waals surface area contributed by atoms with Gasteiger partial charge in [-0.1, -0.05) is 30.3 Å². The van der Waals surface area contributed by atoms with E-state index in [4.69, 9.17) is 5.73 Å². The Morgan fingerprint density at radius 2 is 2.00 bits per heavy atom. The van der Waals surface area contributed by atoms with E-state index in [9.17, 15) is 20.0 Å². The summed E-state index contributed by atoms with van der Waals surface area (Å²) in [5.41, 5.74) is 6.77. The average molecular weight is 315 g/mol. The average Bonchev–Trinajstić information content (AvgIpc) is 2.52. The number of hydrogen-bond donors (Lipinski definition) is 3. The topological polar surface area (TPSA) is 118 Å². The van der Waals surface area contributed by atoms with Crippen molar-refractivity contribution < 1.29 is 14.8 Å². The number of rotatable bonds is 5. The van der Waals surface area contributed by atoms with Crippen LogP contribution in [0.3, 0.4) is 0 Å². The first kappa shape index (κ1) is 16.4. The van der Waals surface area contributed by atoms with Crippen LogP contribution in [-0.2, 0) is 0 Å². The highest BCUT2D eigenvalue weighted by molar-refractivity contribution is 6.00. The lowest BCUT2D eigenvalue weighted by molar-refractivity contribution is -0.383. The van der Waals surface area contributed by atoms with Gasteiger partial charge in [-0.25, -0.2) is 0 Å². The minimum absolute atomic E-state index is 0.0104. The number of benzene rings is 2. The Balaban J connectivity index is 2.10. The molecule has 0 saturated carbocycles. The van der Waals surface area contributed by atoms with Gasteiger partial charge in [0, 0.05) is 12.6 Å². The third-order valence-electron chi connectivity index (χ3n) is 3.53. The first-order chi connectivity index (χ1) is 10.9. The van der Waals surface area contributed by atoms with Crippen molar-refractivity contribution >= 4 is 17.3 Å². The molecule has 2 aromatic rings. The van der Waals surface area contributed by atoms with Gasteiger partial charge >= 0.3 is 0 Å². The van der Waals surface area contributed by atoms with E-state index in [0.29, 0.717) is 5.56 Å². The molecule has 0 aliphatic heterocycles. The van der Waals surface area contributed by atoms with E-state index in [1.807, 2.05) is 19.1 Å². The van der Waals surface area contributed by atoms with Crippen LogP contribution in [0, 0.1) is 17.0 Å². The van der Waals surface area contributed by atoms with Gasteiger partial charge in [-0.3, -0.25) is 14.9 Å². The number of carbonyl (C=O) groups is 1. The van der Waals surface area contributed by atoms with Crippen LogP contribution in [0.25, 0.3) is 0 Å². The Kier molecular flexibility index (Phi) is 4.92. The molecule has 7 nitrogen and oxygen atoms in total. The standard InChI is InChI=1S/C16H17N3O4/c1-10-5-2-3-6-11(10)14(20)9-18-16(21)12-7-4-8-13(15(12)17)19(22)23/h2-8,14,20H,9,17H2,1H3,(H,18,21). The Bertz CT molecular complexity index is 746.